The molecule has 1 aromatic carbocycles. The molecule has 0 fully saturated rings. The molecule has 0 aliphatic carbocycles. The van der Waals surface area contributed by atoms with E-state index in [2.05, 4.69) is 9.68 Å². The SMILES string of the molecule is NNOC(=O)c1ccccc1C(=O)ONN. The van der Waals surface area contributed by atoms with E-state index in [1.165, 1.54) is 12.1 Å². The van der Waals surface area contributed by atoms with Crippen molar-refractivity contribution in [1.29, 1.82) is 0 Å². The first-order chi connectivity index (χ1) is 7.70. The van der Waals surface area contributed by atoms with Crippen LogP contribution in [0, 0.1) is 0 Å². The minimum Gasteiger partial charge on any atom is -0.351 e. The fourth-order valence-corrected chi connectivity index (χ4v) is 1.06. The van der Waals surface area contributed by atoms with Crippen molar-refractivity contribution in [3.05, 3.63) is 35.4 Å². The fraction of sp³-hybridized carbons (Fsp3) is 0. The average Bonchev–Trinajstić information content (AvgIpc) is 2.30. The molecule has 0 amide bonds. The van der Waals surface area contributed by atoms with Gasteiger partial charge in [-0.3, -0.25) is 0 Å². The van der Waals surface area contributed by atoms with E-state index in [1.807, 2.05) is 0 Å². The molecule has 0 atom stereocenters. The maximum absolute atomic E-state index is 11.4. The Morgan fingerprint density at radius 2 is 1.31 bits per heavy atom. The normalized spacial score (nSPS) is 9.62. The van der Waals surface area contributed by atoms with Crippen molar-refractivity contribution in [3.8, 4) is 0 Å². The number of nitrogens with one attached hydrogen (secondary N) is 2. The lowest BCUT2D eigenvalue weighted by Crippen LogP contribution is -2.29. The van der Waals surface area contributed by atoms with Gasteiger partial charge in [0.2, 0.25) is 0 Å². The highest BCUT2D eigenvalue weighted by Crippen LogP contribution is 2.10. The van der Waals surface area contributed by atoms with Crippen LogP contribution in [-0.4, -0.2) is 11.9 Å². The van der Waals surface area contributed by atoms with Crippen molar-refractivity contribution in [2.24, 2.45) is 11.7 Å². The number of carbonyl (C=O) groups excluding carboxylic acids is 2. The molecule has 0 bridgehead atoms. The standard InChI is InChI=1S/C8H10N4O4/c9-11-15-7(13)5-3-1-2-4-6(5)8(14)16-12-10/h1-4,11-12H,9-10H2. The summed E-state index contributed by atoms with van der Waals surface area (Å²) in [6, 6.07) is 5.87. The highest BCUT2D eigenvalue weighted by atomic mass is 16.7. The molecule has 8 nitrogen and oxygen atoms in total. The first-order valence-electron chi connectivity index (χ1n) is 4.13. The molecule has 0 saturated carbocycles. The third kappa shape index (κ3) is 2.74. The van der Waals surface area contributed by atoms with Crippen molar-refractivity contribution < 1.29 is 19.3 Å². The molecule has 0 aliphatic heterocycles. The zero-order valence-corrected chi connectivity index (χ0v) is 8.10. The Labute approximate surface area is 90.3 Å². The summed E-state index contributed by atoms with van der Waals surface area (Å²) >= 11 is 0. The van der Waals surface area contributed by atoms with Crippen molar-refractivity contribution >= 4 is 11.9 Å². The molecule has 0 heterocycles. The van der Waals surface area contributed by atoms with Gasteiger partial charge in [-0.1, -0.05) is 23.3 Å². The highest BCUT2D eigenvalue weighted by molar-refractivity contribution is 6.02. The van der Waals surface area contributed by atoms with Crippen molar-refractivity contribution in [3.63, 3.8) is 0 Å². The second-order valence-electron chi connectivity index (χ2n) is 2.56. The lowest BCUT2D eigenvalue weighted by molar-refractivity contribution is 0.0205. The molecule has 0 radical (unpaired) electrons. The summed E-state index contributed by atoms with van der Waals surface area (Å²) in [4.78, 5) is 31.4. The Bertz CT molecular complexity index is 358. The van der Waals surface area contributed by atoms with Crippen molar-refractivity contribution in [2.45, 2.75) is 0 Å². The molecule has 6 N–H and O–H groups in total. The van der Waals surface area contributed by atoms with E-state index in [0.717, 1.165) is 0 Å². The minimum absolute atomic E-state index is 0.000648. The topological polar surface area (TPSA) is 129 Å². The summed E-state index contributed by atoms with van der Waals surface area (Å²) in [6.45, 7) is 0. The van der Waals surface area contributed by atoms with Gasteiger partial charge in [0, 0.05) is 0 Å². The summed E-state index contributed by atoms with van der Waals surface area (Å²) in [7, 11) is 0. The maximum atomic E-state index is 11.4. The van der Waals surface area contributed by atoms with Gasteiger partial charge in [-0.2, -0.15) is 0 Å². The van der Waals surface area contributed by atoms with Gasteiger partial charge < -0.3 is 9.68 Å². The fourth-order valence-electron chi connectivity index (χ4n) is 1.06. The molecular formula is C8H10N4O4. The van der Waals surface area contributed by atoms with E-state index in [9.17, 15) is 9.59 Å². The van der Waals surface area contributed by atoms with Gasteiger partial charge in [-0.15, -0.1) is 0 Å². The third-order valence-corrected chi connectivity index (χ3v) is 1.67. The van der Waals surface area contributed by atoms with Crippen LogP contribution in [0.15, 0.2) is 24.3 Å². The number of hydrazine groups is 2. The van der Waals surface area contributed by atoms with E-state index < -0.39 is 11.9 Å². The molecule has 0 aromatic heterocycles. The average molecular weight is 226 g/mol. The number of rotatable bonds is 4. The molecule has 0 saturated heterocycles. The maximum Gasteiger partial charge on any atom is 0.358 e. The van der Waals surface area contributed by atoms with Crippen LogP contribution in [0.2, 0.25) is 0 Å². The lowest BCUT2D eigenvalue weighted by atomic mass is 10.1. The van der Waals surface area contributed by atoms with E-state index in [-0.39, 0.29) is 11.1 Å². The number of nitrogens with two attached hydrogens (primary N) is 2. The van der Waals surface area contributed by atoms with Gasteiger partial charge in [-0.05, 0) is 12.1 Å². The Balaban J connectivity index is 3.00. The quantitative estimate of drug-likeness (QED) is 0.370. The predicted octanol–water partition coefficient (Wildman–Crippen LogP) is -1.24. The Morgan fingerprint density at radius 3 is 1.62 bits per heavy atom. The Kier molecular flexibility index (Phi) is 4.36. The highest BCUT2D eigenvalue weighted by Gasteiger charge is 2.18. The van der Waals surface area contributed by atoms with Crippen LogP contribution in [-0.2, 0) is 9.68 Å². The number of hydrogen-bond donors (Lipinski definition) is 4. The lowest BCUT2D eigenvalue weighted by Gasteiger charge is -2.06. The zero-order chi connectivity index (χ0) is 12.0. The van der Waals surface area contributed by atoms with Gasteiger partial charge in [0.1, 0.15) is 0 Å². The molecule has 1 aromatic rings. The van der Waals surface area contributed by atoms with Crippen molar-refractivity contribution in [2.75, 3.05) is 0 Å². The summed E-state index contributed by atoms with van der Waals surface area (Å²) in [5, 5.41) is 0. The third-order valence-electron chi connectivity index (χ3n) is 1.67. The Morgan fingerprint density at radius 1 is 0.938 bits per heavy atom. The molecule has 8 heteroatoms. The predicted molar refractivity (Wildman–Crippen MR) is 51.9 cm³/mol. The number of hydrogen-bond acceptors (Lipinski definition) is 8. The van der Waals surface area contributed by atoms with E-state index in [0.29, 0.717) is 0 Å². The van der Waals surface area contributed by atoms with Crippen LogP contribution >= 0.6 is 0 Å². The zero-order valence-electron chi connectivity index (χ0n) is 8.10. The number of carbonyl (C=O) groups is 2. The van der Waals surface area contributed by atoms with Gasteiger partial charge in [0.05, 0.1) is 11.1 Å². The molecular weight excluding hydrogens is 216 g/mol. The first kappa shape index (κ1) is 12.1. The van der Waals surface area contributed by atoms with Crippen LogP contribution in [0.3, 0.4) is 0 Å². The van der Waals surface area contributed by atoms with Gasteiger partial charge in [0.15, 0.2) is 0 Å². The van der Waals surface area contributed by atoms with Crippen LogP contribution in [0.4, 0.5) is 0 Å². The summed E-state index contributed by atoms with van der Waals surface area (Å²) < 4.78 is 0. The molecule has 0 spiro atoms. The van der Waals surface area contributed by atoms with Crippen LogP contribution in [0.1, 0.15) is 20.7 Å². The molecule has 16 heavy (non-hydrogen) atoms. The van der Waals surface area contributed by atoms with Gasteiger partial charge >= 0.3 is 11.9 Å². The van der Waals surface area contributed by atoms with Crippen LogP contribution < -0.4 is 22.9 Å². The molecule has 1 rings (SSSR count). The second-order valence-corrected chi connectivity index (χ2v) is 2.56. The van der Waals surface area contributed by atoms with Gasteiger partial charge in [0.25, 0.3) is 0 Å². The van der Waals surface area contributed by atoms with E-state index in [4.69, 9.17) is 11.7 Å². The first-order valence-corrected chi connectivity index (χ1v) is 4.13. The summed E-state index contributed by atoms with van der Waals surface area (Å²) in [5.74, 6) is 7.99. The largest absolute Gasteiger partial charge is 0.358 e. The smallest absolute Gasteiger partial charge is 0.351 e. The monoisotopic (exact) mass is 226 g/mol. The van der Waals surface area contributed by atoms with E-state index in [1.54, 1.807) is 23.3 Å². The van der Waals surface area contributed by atoms with Crippen molar-refractivity contribution in [1.82, 2.24) is 11.2 Å². The van der Waals surface area contributed by atoms with Crippen LogP contribution in [0.25, 0.3) is 0 Å². The molecule has 0 unspecified atom stereocenters. The Hall–Kier alpha value is -2.00. The van der Waals surface area contributed by atoms with Crippen LogP contribution in [0.5, 0.6) is 0 Å². The summed E-state index contributed by atoms with van der Waals surface area (Å²) in [5.41, 5.74) is 3.45. The number of benzene rings is 1. The van der Waals surface area contributed by atoms with E-state index >= 15 is 0 Å². The molecule has 86 valence electrons. The second kappa shape index (κ2) is 5.78. The van der Waals surface area contributed by atoms with Gasteiger partial charge in [-0.25, -0.2) is 21.3 Å². The minimum atomic E-state index is -0.813. The summed E-state index contributed by atoms with van der Waals surface area (Å²) in [6.07, 6.45) is 0. The molecule has 0 aliphatic rings.